The van der Waals surface area contributed by atoms with Gasteiger partial charge in [-0.05, 0) is 31.2 Å². The number of hydrogen-bond acceptors (Lipinski definition) is 4. The molecule has 2 rings (SSSR count). The van der Waals surface area contributed by atoms with Crippen molar-refractivity contribution in [2.24, 2.45) is 5.73 Å². The second-order valence-electron chi connectivity index (χ2n) is 4.95. The van der Waals surface area contributed by atoms with E-state index in [1.807, 2.05) is 24.3 Å². The fourth-order valence-electron chi connectivity index (χ4n) is 2.22. The van der Waals surface area contributed by atoms with Crippen LogP contribution in [0.1, 0.15) is 6.92 Å². The zero-order valence-corrected chi connectivity index (χ0v) is 14.1. The van der Waals surface area contributed by atoms with Crippen LogP contribution in [-0.4, -0.2) is 49.1 Å². The lowest BCUT2D eigenvalue weighted by Crippen LogP contribution is -2.52. The summed E-state index contributed by atoms with van der Waals surface area (Å²) < 4.78 is 26.1. The van der Waals surface area contributed by atoms with E-state index in [-0.39, 0.29) is 4.99 Å². The molecular formula is C13H18ClN3O2S2. The predicted molar refractivity (Wildman–Crippen MR) is 90.4 cm³/mol. The van der Waals surface area contributed by atoms with Gasteiger partial charge in [-0.25, -0.2) is 8.42 Å². The average Bonchev–Trinajstić information content (AvgIpc) is 2.47. The minimum atomic E-state index is -3.45. The summed E-state index contributed by atoms with van der Waals surface area (Å²) in [6, 6.07) is 7.53. The van der Waals surface area contributed by atoms with Crippen molar-refractivity contribution >= 4 is 44.5 Å². The Morgan fingerprint density at radius 3 is 2.24 bits per heavy atom. The normalized spacial score (nSPS) is 18.5. The maximum Gasteiger partial charge on any atom is 0.223 e. The maximum absolute atomic E-state index is 12.3. The zero-order chi connectivity index (χ0) is 15.6. The molecule has 1 aromatic carbocycles. The molecule has 1 aromatic rings. The monoisotopic (exact) mass is 347 g/mol. The fraction of sp³-hybridized carbons (Fsp3) is 0.462. The van der Waals surface area contributed by atoms with Crippen molar-refractivity contribution in [3.05, 3.63) is 29.3 Å². The lowest BCUT2D eigenvalue weighted by atomic mass is 10.2. The molecule has 0 aliphatic carbocycles. The van der Waals surface area contributed by atoms with Crippen molar-refractivity contribution in [3.8, 4) is 0 Å². The number of anilines is 1. The van der Waals surface area contributed by atoms with Crippen LogP contribution in [0.3, 0.4) is 0 Å². The van der Waals surface area contributed by atoms with Gasteiger partial charge < -0.3 is 10.6 Å². The Hall–Kier alpha value is -0.890. The van der Waals surface area contributed by atoms with Crippen LogP contribution in [-0.2, 0) is 10.0 Å². The summed E-state index contributed by atoms with van der Waals surface area (Å²) in [7, 11) is -3.45. The van der Waals surface area contributed by atoms with E-state index >= 15 is 0 Å². The molecule has 1 atom stereocenters. The van der Waals surface area contributed by atoms with Gasteiger partial charge in [0.1, 0.15) is 5.25 Å². The van der Waals surface area contributed by atoms with Crippen molar-refractivity contribution in [1.29, 1.82) is 0 Å². The highest BCUT2D eigenvalue weighted by Gasteiger charge is 2.33. The average molecular weight is 348 g/mol. The second kappa shape index (κ2) is 6.48. The topological polar surface area (TPSA) is 66.6 Å². The van der Waals surface area contributed by atoms with E-state index in [2.05, 4.69) is 4.90 Å². The first kappa shape index (κ1) is 16.5. The number of halogens is 1. The zero-order valence-electron chi connectivity index (χ0n) is 11.7. The quantitative estimate of drug-likeness (QED) is 0.835. The van der Waals surface area contributed by atoms with Crippen molar-refractivity contribution in [1.82, 2.24) is 4.31 Å². The number of rotatable bonds is 4. The SMILES string of the molecule is CC(C(N)=S)S(=O)(=O)N1CCN(c2ccc(Cl)cc2)CC1. The van der Waals surface area contributed by atoms with Gasteiger partial charge in [0.15, 0.2) is 0 Å². The summed E-state index contributed by atoms with van der Waals surface area (Å²) in [4.78, 5) is 2.14. The van der Waals surface area contributed by atoms with Gasteiger partial charge in [0.25, 0.3) is 0 Å². The molecule has 8 heteroatoms. The minimum absolute atomic E-state index is 0.00938. The molecule has 1 heterocycles. The number of nitrogens with two attached hydrogens (primary N) is 1. The smallest absolute Gasteiger partial charge is 0.223 e. The summed E-state index contributed by atoms with van der Waals surface area (Å²) in [5, 5.41) is -0.139. The van der Waals surface area contributed by atoms with Crippen LogP contribution in [0.15, 0.2) is 24.3 Å². The highest BCUT2D eigenvalue weighted by molar-refractivity contribution is 7.92. The van der Waals surface area contributed by atoms with Gasteiger partial charge in [0, 0.05) is 36.9 Å². The Balaban J connectivity index is 2.03. The molecular weight excluding hydrogens is 330 g/mol. The van der Waals surface area contributed by atoms with Crippen molar-refractivity contribution in [2.45, 2.75) is 12.2 Å². The molecule has 0 aromatic heterocycles. The number of thiocarbonyl (C=S) groups is 1. The Morgan fingerprint density at radius 1 is 1.24 bits per heavy atom. The first-order valence-electron chi connectivity index (χ1n) is 6.61. The third-order valence-electron chi connectivity index (χ3n) is 3.64. The van der Waals surface area contributed by atoms with Crippen molar-refractivity contribution in [2.75, 3.05) is 31.1 Å². The first-order valence-corrected chi connectivity index (χ1v) is 8.90. The molecule has 1 unspecified atom stereocenters. The molecule has 116 valence electrons. The molecule has 0 amide bonds. The van der Waals surface area contributed by atoms with Crippen LogP contribution >= 0.6 is 23.8 Å². The van der Waals surface area contributed by atoms with Crippen molar-refractivity contribution in [3.63, 3.8) is 0 Å². The van der Waals surface area contributed by atoms with E-state index in [4.69, 9.17) is 29.6 Å². The predicted octanol–water partition coefficient (Wildman–Crippen LogP) is 1.47. The highest BCUT2D eigenvalue weighted by atomic mass is 35.5. The molecule has 5 nitrogen and oxygen atoms in total. The Kier molecular flexibility index (Phi) is 5.08. The van der Waals surface area contributed by atoms with E-state index in [0.29, 0.717) is 31.2 Å². The van der Waals surface area contributed by atoms with Crippen molar-refractivity contribution < 1.29 is 8.42 Å². The molecule has 0 radical (unpaired) electrons. The molecule has 2 N–H and O–H groups in total. The first-order chi connectivity index (χ1) is 9.82. The van der Waals surface area contributed by atoms with E-state index in [1.54, 1.807) is 0 Å². The Labute approximate surface area is 135 Å². The standard InChI is InChI=1S/C13H18ClN3O2S2/c1-10(13(15)20)21(18,19)17-8-6-16(7-9-17)12-4-2-11(14)3-5-12/h2-5,10H,6-9H2,1H3,(H2,15,20). The van der Waals surface area contributed by atoms with Gasteiger partial charge in [-0.2, -0.15) is 4.31 Å². The van der Waals surface area contributed by atoms with Gasteiger partial charge in [-0.15, -0.1) is 0 Å². The van der Waals surface area contributed by atoms with Crippen LogP contribution in [0.4, 0.5) is 5.69 Å². The Bertz CT molecular complexity index is 611. The van der Waals surface area contributed by atoms with Gasteiger partial charge >= 0.3 is 0 Å². The maximum atomic E-state index is 12.3. The van der Waals surface area contributed by atoms with E-state index in [9.17, 15) is 8.42 Å². The van der Waals surface area contributed by atoms with E-state index in [1.165, 1.54) is 11.2 Å². The van der Waals surface area contributed by atoms with Crippen LogP contribution in [0, 0.1) is 0 Å². The number of nitrogens with zero attached hydrogens (tertiary/aromatic N) is 2. The Morgan fingerprint density at radius 2 is 1.76 bits per heavy atom. The molecule has 1 aliphatic heterocycles. The second-order valence-corrected chi connectivity index (χ2v) is 8.11. The number of sulfonamides is 1. The summed E-state index contributed by atoms with van der Waals surface area (Å²) in [5.41, 5.74) is 6.50. The highest BCUT2D eigenvalue weighted by Crippen LogP contribution is 2.21. The molecule has 1 saturated heterocycles. The molecule has 1 fully saturated rings. The lowest BCUT2D eigenvalue weighted by molar-refractivity contribution is 0.383. The molecule has 21 heavy (non-hydrogen) atoms. The number of hydrogen-bond donors (Lipinski definition) is 1. The minimum Gasteiger partial charge on any atom is -0.392 e. The molecule has 0 bridgehead atoms. The summed E-state index contributed by atoms with van der Waals surface area (Å²) in [5.74, 6) is 0. The van der Waals surface area contributed by atoms with Gasteiger partial charge in [-0.3, -0.25) is 0 Å². The summed E-state index contributed by atoms with van der Waals surface area (Å²) in [6.07, 6.45) is 0. The molecule has 0 saturated carbocycles. The van der Waals surface area contributed by atoms with Crippen LogP contribution < -0.4 is 10.6 Å². The fourth-order valence-corrected chi connectivity index (χ4v) is 4.13. The lowest BCUT2D eigenvalue weighted by Gasteiger charge is -2.36. The molecule has 0 spiro atoms. The van der Waals surface area contributed by atoms with Crippen LogP contribution in [0.5, 0.6) is 0 Å². The van der Waals surface area contributed by atoms with Gasteiger partial charge in [0.05, 0.1) is 4.99 Å². The van der Waals surface area contributed by atoms with Gasteiger partial charge in [0.2, 0.25) is 10.0 Å². The summed E-state index contributed by atoms with van der Waals surface area (Å²) in [6.45, 7) is 3.65. The van der Waals surface area contributed by atoms with E-state index in [0.717, 1.165) is 5.69 Å². The van der Waals surface area contributed by atoms with E-state index < -0.39 is 15.3 Å². The largest absolute Gasteiger partial charge is 0.392 e. The van der Waals surface area contributed by atoms with Crippen LogP contribution in [0.2, 0.25) is 5.02 Å². The van der Waals surface area contributed by atoms with Crippen LogP contribution in [0.25, 0.3) is 0 Å². The number of benzene rings is 1. The third-order valence-corrected chi connectivity index (χ3v) is 6.62. The molecule has 1 aliphatic rings. The summed E-state index contributed by atoms with van der Waals surface area (Å²) >= 11 is 10.7. The number of piperazine rings is 1. The third kappa shape index (κ3) is 3.66. The van der Waals surface area contributed by atoms with Gasteiger partial charge in [-0.1, -0.05) is 23.8 Å².